The zero-order chi connectivity index (χ0) is 20.8. The fraction of sp³-hybridized carbons (Fsp3) is 0.429. The average molecular weight is 409 g/mol. The second-order valence-corrected chi connectivity index (χ2v) is 7.32. The normalized spacial score (nSPS) is 16.3. The molecule has 1 aliphatic rings. The highest BCUT2D eigenvalue weighted by atomic mass is 16.5. The first-order valence-electron chi connectivity index (χ1n) is 10.2. The molecule has 2 N–H and O–H groups in total. The van der Waals surface area contributed by atoms with Crippen LogP contribution >= 0.6 is 0 Å². The van der Waals surface area contributed by atoms with E-state index in [1.807, 2.05) is 23.1 Å². The zero-order valence-corrected chi connectivity index (χ0v) is 17.5. The van der Waals surface area contributed by atoms with E-state index in [0.717, 1.165) is 49.4 Å². The molecule has 2 aromatic heterocycles. The predicted octanol–water partition coefficient (Wildman–Crippen LogP) is 1.35. The number of aromatic nitrogens is 5. The van der Waals surface area contributed by atoms with Gasteiger partial charge in [0.2, 0.25) is 0 Å². The molecule has 1 aliphatic heterocycles. The Labute approximate surface area is 176 Å². The van der Waals surface area contributed by atoms with Crippen LogP contribution in [0.3, 0.4) is 0 Å². The van der Waals surface area contributed by atoms with Gasteiger partial charge in [-0.3, -0.25) is 4.99 Å². The summed E-state index contributed by atoms with van der Waals surface area (Å²) in [6.07, 6.45) is 5.70. The number of methoxy groups -OCH3 is 1. The van der Waals surface area contributed by atoms with Gasteiger partial charge in [0.15, 0.2) is 11.8 Å². The van der Waals surface area contributed by atoms with E-state index in [1.54, 1.807) is 14.2 Å². The maximum absolute atomic E-state index is 5.14. The summed E-state index contributed by atoms with van der Waals surface area (Å²) in [5.74, 6) is 3.48. The Balaban J connectivity index is 1.32. The van der Waals surface area contributed by atoms with Gasteiger partial charge in [-0.2, -0.15) is 5.10 Å². The second kappa shape index (κ2) is 9.53. The summed E-state index contributed by atoms with van der Waals surface area (Å²) < 4.78 is 9.25. The van der Waals surface area contributed by atoms with Crippen molar-refractivity contribution in [3.63, 3.8) is 0 Å². The minimum absolute atomic E-state index is 0.241. The Kier molecular flexibility index (Phi) is 6.38. The third kappa shape index (κ3) is 4.85. The van der Waals surface area contributed by atoms with Gasteiger partial charge in [0.05, 0.1) is 13.1 Å². The van der Waals surface area contributed by atoms with Crippen LogP contribution in [0.2, 0.25) is 0 Å². The average Bonchev–Trinajstić information content (AvgIpc) is 3.38. The van der Waals surface area contributed by atoms with Gasteiger partial charge in [0.25, 0.3) is 0 Å². The first-order valence-corrected chi connectivity index (χ1v) is 10.2. The largest absolute Gasteiger partial charge is 0.377 e. The van der Waals surface area contributed by atoms with Gasteiger partial charge >= 0.3 is 0 Å². The maximum atomic E-state index is 5.14. The van der Waals surface area contributed by atoms with Gasteiger partial charge < -0.3 is 19.9 Å². The summed E-state index contributed by atoms with van der Waals surface area (Å²) in [5.41, 5.74) is 1.25. The van der Waals surface area contributed by atoms with Crippen LogP contribution in [0, 0.1) is 0 Å². The van der Waals surface area contributed by atoms with E-state index in [0.29, 0.717) is 13.2 Å². The molecule has 0 amide bonds. The van der Waals surface area contributed by atoms with E-state index in [1.165, 1.54) is 5.56 Å². The quantitative estimate of drug-likeness (QED) is 0.453. The molecule has 0 aliphatic carbocycles. The van der Waals surface area contributed by atoms with Crippen LogP contribution in [0.25, 0.3) is 0 Å². The standard InChI is InChI=1S/C21H28N8O/c1-22-21(25-17-8-9-19-26-18(15-30-2)27-29(19)14-17)24-12-20-23-10-11-28(20)13-16-6-4-3-5-7-16/h3-7,10-11,17H,8-9,12-15H2,1-2H3,(H2,22,24,25). The minimum Gasteiger partial charge on any atom is -0.377 e. The van der Waals surface area contributed by atoms with Crippen molar-refractivity contribution in [1.29, 1.82) is 0 Å². The summed E-state index contributed by atoms with van der Waals surface area (Å²) >= 11 is 0. The molecule has 1 unspecified atom stereocenters. The molecule has 9 nitrogen and oxygen atoms in total. The van der Waals surface area contributed by atoms with Gasteiger partial charge in [0.1, 0.15) is 18.3 Å². The number of aryl methyl sites for hydroxylation is 1. The molecule has 1 atom stereocenters. The van der Waals surface area contributed by atoms with Crippen LogP contribution in [-0.4, -0.2) is 50.5 Å². The second-order valence-electron chi connectivity index (χ2n) is 7.32. The van der Waals surface area contributed by atoms with Crippen LogP contribution < -0.4 is 10.6 Å². The molecule has 0 radical (unpaired) electrons. The van der Waals surface area contributed by atoms with E-state index in [9.17, 15) is 0 Å². The monoisotopic (exact) mass is 408 g/mol. The van der Waals surface area contributed by atoms with Crippen molar-refractivity contribution in [2.24, 2.45) is 4.99 Å². The lowest BCUT2D eigenvalue weighted by Gasteiger charge is -2.25. The van der Waals surface area contributed by atoms with E-state index >= 15 is 0 Å². The van der Waals surface area contributed by atoms with Gasteiger partial charge in [-0.1, -0.05) is 30.3 Å². The highest BCUT2D eigenvalue weighted by Gasteiger charge is 2.22. The molecule has 9 heteroatoms. The van der Waals surface area contributed by atoms with Gasteiger partial charge in [-0.15, -0.1) is 0 Å². The molecule has 0 saturated heterocycles. The number of hydrogen-bond donors (Lipinski definition) is 2. The molecule has 0 saturated carbocycles. The van der Waals surface area contributed by atoms with Crippen molar-refractivity contribution in [3.8, 4) is 0 Å². The lowest BCUT2D eigenvalue weighted by atomic mass is 10.1. The van der Waals surface area contributed by atoms with Gasteiger partial charge in [0, 0.05) is 45.6 Å². The van der Waals surface area contributed by atoms with Crippen LogP contribution in [0.4, 0.5) is 0 Å². The molecule has 3 heterocycles. The number of imidazole rings is 1. The van der Waals surface area contributed by atoms with E-state index in [4.69, 9.17) is 4.74 Å². The van der Waals surface area contributed by atoms with Gasteiger partial charge in [-0.05, 0) is 12.0 Å². The zero-order valence-electron chi connectivity index (χ0n) is 17.5. The molecular weight excluding hydrogens is 380 g/mol. The maximum Gasteiger partial charge on any atom is 0.191 e. The number of guanidine groups is 1. The van der Waals surface area contributed by atoms with Crippen molar-refractivity contribution in [3.05, 3.63) is 65.8 Å². The molecule has 4 rings (SSSR count). The number of fused-ring (bicyclic) bond motifs is 1. The van der Waals surface area contributed by atoms with Crippen LogP contribution in [0.15, 0.2) is 47.7 Å². The Morgan fingerprint density at radius 3 is 2.97 bits per heavy atom. The number of nitrogens with one attached hydrogen (secondary N) is 2. The lowest BCUT2D eigenvalue weighted by molar-refractivity contribution is 0.177. The fourth-order valence-corrected chi connectivity index (χ4v) is 3.65. The third-order valence-electron chi connectivity index (χ3n) is 5.15. The Morgan fingerprint density at radius 1 is 1.30 bits per heavy atom. The SMILES string of the molecule is CN=C(NCc1nccn1Cc1ccccc1)NC1CCc2nc(COC)nn2C1. The number of rotatable bonds is 7. The summed E-state index contributed by atoms with van der Waals surface area (Å²) in [7, 11) is 3.44. The summed E-state index contributed by atoms with van der Waals surface area (Å²) in [5, 5.41) is 11.4. The first kappa shape index (κ1) is 20.1. The predicted molar refractivity (Wildman–Crippen MR) is 114 cm³/mol. The Bertz CT molecular complexity index is 978. The third-order valence-corrected chi connectivity index (χ3v) is 5.15. The van der Waals surface area contributed by atoms with Crippen molar-refractivity contribution < 1.29 is 4.74 Å². The topological polar surface area (TPSA) is 94.2 Å². The fourth-order valence-electron chi connectivity index (χ4n) is 3.65. The number of nitrogens with zero attached hydrogens (tertiary/aromatic N) is 6. The van der Waals surface area contributed by atoms with Crippen LogP contribution in [0.5, 0.6) is 0 Å². The van der Waals surface area contributed by atoms with Crippen molar-refractivity contribution in [1.82, 2.24) is 34.9 Å². The summed E-state index contributed by atoms with van der Waals surface area (Å²) in [6.45, 7) is 2.59. The molecule has 0 spiro atoms. The summed E-state index contributed by atoms with van der Waals surface area (Å²) in [6, 6.07) is 10.6. The number of hydrogen-bond acceptors (Lipinski definition) is 5. The van der Waals surface area contributed by atoms with Crippen molar-refractivity contribution in [2.45, 2.75) is 45.1 Å². The Hall–Kier alpha value is -3.20. The molecule has 30 heavy (non-hydrogen) atoms. The number of benzene rings is 1. The van der Waals surface area contributed by atoms with Crippen molar-refractivity contribution in [2.75, 3.05) is 14.2 Å². The van der Waals surface area contributed by atoms with E-state index in [-0.39, 0.29) is 6.04 Å². The van der Waals surface area contributed by atoms with Crippen LogP contribution in [0.1, 0.15) is 29.5 Å². The van der Waals surface area contributed by atoms with E-state index < -0.39 is 0 Å². The van der Waals surface area contributed by atoms with E-state index in [2.05, 4.69) is 59.5 Å². The highest BCUT2D eigenvalue weighted by Crippen LogP contribution is 2.13. The molecular formula is C21H28N8O. The molecule has 3 aromatic rings. The highest BCUT2D eigenvalue weighted by molar-refractivity contribution is 5.79. The summed E-state index contributed by atoms with van der Waals surface area (Å²) in [4.78, 5) is 13.4. The van der Waals surface area contributed by atoms with Crippen LogP contribution in [-0.2, 0) is 37.4 Å². The molecule has 1 aromatic carbocycles. The number of aliphatic imine (C=N–C) groups is 1. The first-order chi connectivity index (χ1) is 14.7. The number of ether oxygens (including phenoxy) is 1. The molecule has 0 fully saturated rings. The Morgan fingerprint density at radius 2 is 2.17 bits per heavy atom. The van der Waals surface area contributed by atoms with Crippen molar-refractivity contribution >= 4 is 5.96 Å². The van der Waals surface area contributed by atoms with Gasteiger partial charge in [-0.25, -0.2) is 14.6 Å². The minimum atomic E-state index is 0.241. The lowest BCUT2D eigenvalue weighted by Crippen LogP contribution is -2.47. The smallest absolute Gasteiger partial charge is 0.191 e. The molecule has 0 bridgehead atoms. The molecule has 158 valence electrons.